The first-order chi connectivity index (χ1) is 9.06. The zero-order valence-electron chi connectivity index (χ0n) is 12.2. The lowest BCUT2D eigenvalue weighted by atomic mass is 9.97. The van der Waals surface area contributed by atoms with Crippen LogP contribution in [-0.2, 0) is 10.2 Å². The van der Waals surface area contributed by atoms with Crippen LogP contribution in [0.15, 0.2) is 0 Å². The molecule has 1 aliphatic rings. The van der Waals surface area contributed by atoms with Gasteiger partial charge in [-0.3, -0.25) is 0 Å². The van der Waals surface area contributed by atoms with Crippen molar-refractivity contribution < 1.29 is 13.5 Å². The minimum absolute atomic E-state index is 0.145. The topological polar surface area (TPSA) is 60.9 Å². The molecule has 0 spiro atoms. The Bertz CT molecular complexity index is 338. The normalized spacial score (nSPS) is 22.0. The van der Waals surface area contributed by atoms with E-state index in [0.717, 1.165) is 25.7 Å². The van der Waals surface area contributed by atoms with Gasteiger partial charge in [-0.05, 0) is 38.0 Å². The maximum absolute atomic E-state index is 12.6. The van der Waals surface area contributed by atoms with Gasteiger partial charge in [0.15, 0.2) is 0 Å². The molecule has 0 aromatic carbocycles. The summed E-state index contributed by atoms with van der Waals surface area (Å²) in [5.74, 6) is 0.304. The van der Waals surface area contributed by atoms with E-state index in [-0.39, 0.29) is 6.61 Å². The smallest absolute Gasteiger partial charge is 0.281 e. The van der Waals surface area contributed by atoms with E-state index in [2.05, 4.69) is 0 Å². The second-order valence-corrected chi connectivity index (χ2v) is 7.21. The summed E-state index contributed by atoms with van der Waals surface area (Å²) < 4.78 is 28.4. The van der Waals surface area contributed by atoms with Crippen LogP contribution in [0.25, 0.3) is 0 Å². The second-order valence-electron chi connectivity index (χ2n) is 5.29. The van der Waals surface area contributed by atoms with Gasteiger partial charge in [0.1, 0.15) is 0 Å². The van der Waals surface area contributed by atoms with Crippen LogP contribution in [-0.4, -0.2) is 54.9 Å². The highest BCUT2D eigenvalue weighted by atomic mass is 32.2. The molecule has 0 amide bonds. The molecule has 1 atom stereocenters. The molecular weight excluding hydrogens is 264 g/mol. The molecule has 1 fully saturated rings. The van der Waals surface area contributed by atoms with Crippen LogP contribution in [0.5, 0.6) is 0 Å². The molecule has 1 rings (SSSR count). The molecule has 0 radical (unpaired) electrons. The first kappa shape index (κ1) is 16.9. The van der Waals surface area contributed by atoms with Crippen molar-refractivity contribution in [3.05, 3.63) is 0 Å². The monoisotopic (exact) mass is 292 g/mol. The lowest BCUT2D eigenvalue weighted by Crippen LogP contribution is -2.48. The van der Waals surface area contributed by atoms with Crippen molar-refractivity contribution in [2.45, 2.75) is 46.0 Å². The van der Waals surface area contributed by atoms with E-state index in [1.165, 1.54) is 0 Å². The van der Waals surface area contributed by atoms with E-state index in [1.54, 1.807) is 8.61 Å². The lowest BCUT2D eigenvalue weighted by Gasteiger charge is -2.35. The fourth-order valence-electron chi connectivity index (χ4n) is 2.66. The number of hydrogen-bond donors (Lipinski definition) is 1. The van der Waals surface area contributed by atoms with Crippen LogP contribution >= 0.6 is 0 Å². The van der Waals surface area contributed by atoms with Gasteiger partial charge in [0.2, 0.25) is 0 Å². The summed E-state index contributed by atoms with van der Waals surface area (Å²) in [4.78, 5) is 0. The fourth-order valence-corrected chi connectivity index (χ4v) is 4.57. The van der Waals surface area contributed by atoms with Crippen molar-refractivity contribution >= 4 is 10.2 Å². The highest BCUT2D eigenvalue weighted by Gasteiger charge is 2.32. The van der Waals surface area contributed by atoms with E-state index < -0.39 is 10.2 Å². The Morgan fingerprint density at radius 2 is 1.89 bits per heavy atom. The lowest BCUT2D eigenvalue weighted by molar-refractivity contribution is 0.195. The Hall–Kier alpha value is -0.170. The molecule has 1 unspecified atom stereocenters. The Kier molecular flexibility index (Phi) is 7.28. The van der Waals surface area contributed by atoms with E-state index >= 15 is 0 Å². The standard InChI is InChI=1S/C13H28N2O3S/c1-3-8-14(9-4-2)19(17,18)15-10-5-6-13(12-15)7-11-16/h13,16H,3-12H2,1-2H3. The Morgan fingerprint density at radius 1 is 1.26 bits per heavy atom. The molecule has 5 nitrogen and oxygen atoms in total. The van der Waals surface area contributed by atoms with Crippen LogP contribution < -0.4 is 0 Å². The van der Waals surface area contributed by atoms with Gasteiger partial charge >= 0.3 is 0 Å². The van der Waals surface area contributed by atoms with Crippen LogP contribution in [0.3, 0.4) is 0 Å². The predicted octanol–water partition coefficient (Wildman–Crippen LogP) is 1.45. The van der Waals surface area contributed by atoms with Crippen LogP contribution in [0, 0.1) is 5.92 Å². The summed E-state index contributed by atoms with van der Waals surface area (Å²) in [6.45, 7) is 6.52. The maximum Gasteiger partial charge on any atom is 0.281 e. The van der Waals surface area contributed by atoms with Gasteiger partial charge in [0.05, 0.1) is 0 Å². The molecule has 1 N–H and O–H groups in total. The van der Waals surface area contributed by atoms with E-state index in [9.17, 15) is 8.42 Å². The largest absolute Gasteiger partial charge is 0.396 e. The van der Waals surface area contributed by atoms with E-state index in [1.807, 2.05) is 13.8 Å². The quantitative estimate of drug-likeness (QED) is 0.736. The summed E-state index contributed by atoms with van der Waals surface area (Å²) in [5, 5.41) is 9.01. The summed E-state index contributed by atoms with van der Waals surface area (Å²) in [6.07, 6.45) is 4.30. The Labute approximate surface area is 117 Å². The van der Waals surface area contributed by atoms with Gasteiger partial charge in [-0.25, -0.2) is 0 Å². The van der Waals surface area contributed by atoms with Crippen molar-refractivity contribution in [1.29, 1.82) is 0 Å². The molecule has 1 heterocycles. The third-order valence-corrected chi connectivity index (χ3v) is 5.62. The maximum atomic E-state index is 12.6. The van der Waals surface area contributed by atoms with Crippen LogP contribution in [0.2, 0.25) is 0 Å². The van der Waals surface area contributed by atoms with Gasteiger partial charge in [-0.15, -0.1) is 0 Å². The number of rotatable bonds is 8. The number of nitrogens with zero attached hydrogens (tertiary/aromatic N) is 2. The Morgan fingerprint density at radius 3 is 2.42 bits per heavy atom. The molecule has 0 aromatic rings. The van der Waals surface area contributed by atoms with Gasteiger partial charge in [0.25, 0.3) is 10.2 Å². The molecule has 1 saturated heterocycles. The number of aliphatic hydroxyl groups excluding tert-OH is 1. The third kappa shape index (κ3) is 4.70. The fraction of sp³-hybridized carbons (Fsp3) is 1.00. The number of piperidine rings is 1. The summed E-state index contributed by atoms with van der Waals surface area (Å²) >= 11 is 0. The first-order valence-electron chi connectivity index (χ1n) is 7.42. The second kappa shape index (κ2) is 8.19. The van der Waals surface area contributed by atoms with Crippen molar-refractivity contribution in [1.82, 2.24) is 8.61 Å². The van der Waals surface area contributed by atoms with Crippen molar-refractivity contribution in [3.8, 4) is 0 Å². The minimum Gasteiger partial charge on any atom is -0.396 e. The third-order valence-electron chi connectivity index (χ3n) is 3.62. The molecule has 19 heavy (non-hydrogen) atoms. The van der Waals surface area contributed by atoms with Gasteiger partial charge in [0, 0.05) is 32.8 Å². The van der Waals surface area contributed by atoms with Gasteiger partial charge < -0.3 is 5.11 Å². The van der Waals surface area contributed by atoms with Crippen molar-refractivity contribution in [2.75, 3.05) is 32.8 Å². The highest BCUT2D eigenvalue weighted by molar-refractivity contribution is 7.86. The average molecular weight is 292 g/mol. The molecule has 0 saturated carbocycles. The molecule has 1 aliphatic heterocycles. The van der Waals surface area contributed by atoms with Crippen molar-refractivity contribution in [3.63, 3.8) is 0 Å². The summed E-state index contributed by atoms with van der Waals surface area (Å²) in [7, 11) is -3.31. The number of aliphatic hydroxyl groups is 1. The van der Waals surface area contributed by atoms with Gasteiger partial charge in [-0.2, -0.15) is 17.0 Å². The zero-order chi connectivity index (χ0) is 14.3. The first-order valence-corrected chi connectivity index (χ1v) is 8.82. The van der Waals surface area contributed by atoms with Crippen LogP contribution in [0.4, 0.5) is 0 Å². The van der Waals surface area contributed by atoms with Crippen molar-refractivity contribution in [2.24, 2.45) is 5.92 Å². The molecule has 0 aliphatic carbocycles. The molecule has 0 aromatic heterocycles. The summed E-state index contributed by atoms with van der Waals surface area (Å²) in [5.41, 5.74) is 0. The average Bonchev–Trinajstić information content (AvgIpc) is 2.39. The van der Waals surface area contributed by atoms with Crippen LogP contribution in [0.1, 0.15) is 46.0 Å². The molecule has 0 bridgehead atoms. The number of hydrogen-bond acceptors (Lipinski definition) is 3. The van der Waals surface area contributed by atoms with E-state index in [0.29, 0.717) is 38.5 Å². The zero-order valence-corrected chi connectivity index (χ0v) is 13.0. The molecule has 6 heteroatoms. The Balaban J connectivity index is 2.73. The van der Waals surface area contributed by atoms with Gasteiger partial charge in [-0.1, -0.05) is 13.8 Å². The minimum atomic E-state index is -3.31. The summed E-state index contributed by atoms with van der Waals surface area (Å²) in [6, 6.07) is 0. The SMILES string of the molecule is CCCN(CCC)S(=O)(=O)N1CCCC(CCO)C1. The predicted molar refractivity (Wildman–Crippen MR) is 77.1 cm³/mol. The van der Waals surface area contributed by atoms with E-state index in [4.69, 9.17) is 5.11 Å². The molecular formula is C13H28N2O3S. The molecule has 114 valence electrons. The highest BCUT2D eigenvalue weighted by Crippen LogP contribution is 2.23.